The minimum atomic E-state index is -0.603. The van der Waals surface area contributed by atoms with Crippen LogP contribution < -0.4 is 20.1 Å². The number of nitrogens with one attached hydrogen (secondary N) is 2. The quantitative estimate of drug-likeness (QED) is 0.856. The Bertz CT molecular complexity index is 545. The van der Waals surface area contributed by atoms with E-state index in [1.165, 1.54) is 4.90 Å². The van der Waals surface area contributed by atoms with Crippen LogP contribution in [0.15, 0.2) is 18.2 Å². The van der Waals surface area contributed by atoms with E-state index in [1.54, 1.807) is 27.1 Å². The molecule has 0 saturated carbocycles. The maximum atomic E-state index is 11.9. The third-order valence-corrected chi connectivity index (χ3v) is 3.04. The van der Waals surface area contributed by atoms with E-state index in [-0.39, 0.29) is 18.7 Å². The van der Waals surface area contributed by atoms with E-state index in [0.717, 1.165) is 5.56 Å². The molecule has 0 aromatic heterocycles. The second-order valence-corrected chi connectivity index (χ2v) is 4.97. The minimum absolute atomic E-state index is 0.221. The Kier molecular flexibility index (Phi) is 4.52. The molecule has 2 rings (SSSR count). The fourth-order valence-corrected chi connectivity index (χ4v) is 1.77. The van der Waals surface area contributed by atoms with Crippen LogP contribution in [-0.4, -0.2) is 43.8 Å². The van der Waals surface area contributed by atoms with Gasteiger partial charge < -0.3 is 25.0 Å². The molecule has 3 amide bonds. The molecular weight excluding hydrogens is 274 g/mol. The van der Waals surface area contributed by atoms with Crippen LogP contribution in [0.2, 0.25) is 0 Å². The molecule has 21 heavy (non-hydrogen) atoms. The summed E-state index contributed by atoms with van der Waals surface area (Å²) >= 11 is 0. The first-order valence-electron chi connectivity index (χ1n) is 6.61. The normalized spacial score (nSPS) is 13.5. The van der Waals surface area contributed by atoms with Gasteiger partial charge in [0, 0.05) is 20.6 Å². The lowest BCUT2D eigenvalue weighted by Gasteiger charge is -2.17. The molecule has 0 unspecified atom stereocenters. The van der Waals surface area contributed by atoms with E-state index in [1.807, 2.05) is 12.1 Å². The van der Waals surface area contributed by atoms with Crippen molar-refractivity contribution in [2.24, 2.45) is 0 Å². The van der Waals surface area contributed by atoms with Crippen molar-refractivity contribution in [1.82, 2.24) is 15.5 Å². The van der Waals surface area contributed by atoms with E-state index in [9.17, 15) is 9.59 Å². The molecular formula is C14H19N3O4. The molecule has 1 aliphatic rings. The summed E-state index contributed by atoms with van der Waals surface area (Å²) in [6.07, 6.45) is 0. The SMILES string of the molecule is C[C@H](NC(=O)N(C)C)C(=O)NCc1ccc2c(c1)OCO2. The summed E-state index contributed by atoms with van der Waals surface area (Å²) in [6, 6.07) is 4.58. The Balaban J connectivity index is 1.85. The van der Waals surface area contributed by atoms with Crippen molar-refractivity contribution in [1.29, 1.82) is 0 Å². The number of benzene rings is 1. The van der Waals surface area contributed by atoms with Gasteiger partial charge in [-0.25, -0.2) is 4.79 Å². The van der Waals surface area contributed by atoms with Crippen molar-refractivity contribution in [2.75, 3.05) is 20.9 Å². The monoisotopic (exact) mass is 293 g/mol. The molecule has 0 aliphatic carbocycles. The highest BCUT2D eigenvalue weighted by atomic mass is 16.7. The molecule has 7 nitrogen and oxygen atoms in total. The summed E-state index contributed by atoms with van der Waals surface area (Å²) in [4.78, 5) is 24.7. The molecule has 1 aromatic carbocycles. The number of hydrogen-bond acceptors (Lipinski definition) is 4. The van der Waals surface area contributed by atoms with Gasteiger partial charge >= 0.3 is 6.03 Å². The first-order chi connectivity index (χ1) is 9.97. The molecule has 0 spiro atoms. The van der Waals surface area contributed by atoms with Gasteiger partial charge in [0.2, 0.25) is 12.7 Å². The summed E-state index contributed by atoms with van der Waals surface area (Å²) in [5.74, 6) is 1.13. The molecule has 0 radical (unpaired) electrons. The lowest BCUT2D eigenvalue weighted by Crippen LogP contribution is -2.47. The Morgan fingerprint density at radius 1 is 1.29 bits per heavy atom. The Labute approximate surface area is 123 Å². The molecule has 0 fully saturated rings. The lowest BCUT2D eigenvalue weighted by atomic mass is 10.2. The van der Waals surface area contributed by atoms with E-state index in [0.29, 0.717) is 18.0 Å². The fraction of sp³-hybridized carbons (Fsp3) is 0.429. The number of nitrogens with zero attached hydrogens (tertiary/aromatic N) is 1. The predicted molar refractivity (Wildman–Crippen MR) is 76.1 cm³/mol. The predicted octanol–water partition coefficient (Wildman–Crippen LogP) is 0.691. The molecule has 2 N–H and O–H groups in total. The number of ether oxygens (including phenoxy) is 2. The van der Waals surface area contributed by atoms with Crippen molar-refractivity contribution in [3.8, 4) is 11.5 Å². The van der Waals surface area contributed by atoms with Gasteiger partial charge in [0.15, 0.2) is 11.5 Å². The summed E-state index contributed by atoms with van der Waals surface area (Å²) in [6.45, 7) is 2.22. The van der Waals surface area contributed by atoms with E-state index >= 15 is 0 Å². The Morgan fingerprint density at radius 3 is 2.71 bits per heavy atom. The zero-order chi connectivity index (χ0) is 15.4. The smallest absolute Gasteiger partial charge is 0.317 e. The summed E-state index contributed by atoms with van der Waals surface area (Å²) in [5.41, 5.74) is 0.902. The van der Waals surface area contributed by atoms with E-state index in [2.05, 4.69) is 10.6 Å². The zero-order valence-electron chi connectivity index (χ0n) is 12.3. The number of hydrogen-bond donors (Lipinski definition) is 2. The summed E-state index contributed by atoms with van der Waals surface area (Å²) in [7, 11) is 3.24. The van der Waals surface area contributed by atoms with E-state index in [4.69, 9.17) is 9.47 Å². The van der Waals surface area contributed by atoms with Crippen molar-refractivity contribution in [3.63, 3.8) is 0 Å². The highest BCUT2D eigenvalue weighted by Crippen LogP contribution is 2.32. The number of fused-ring (bicyclic) bond motifs is 1. The third-order valence-electron chi connectivity index (χ3n) is 3.04. The van der Waals surface area contributed by atoms with Gasteiger partial charge in [0.25, 0.3) is 0 Å². The van der Waals surface area contributed by atoms with Crippen molar-refractivity contribution in [3.05, 3.63) is 23.8 Å². The number of carbonyl (C=O) groups excluding carboxylic acids is 2. The van der Waals surface area contributed by atoms with Gasteiger partial charge in [-0.15, -0.1) is 0 Å². The number of amides is 3. The van der Waals surface area contributed by atoms with Gasteiger partial charge in [-0.1, -0.05) is 6.07 Å². The van der Waals surface area contributed by atoms with Gasteiger partial charge in [-0.2, -0.15) is 0 Å². The van der Waals surface area contributed by atoms with Crippen LogP contribution in [0.5, 0.6) is 11.5 Å². The highest BCUT2D eigenvalue weighted by molar-refractivity contribution is 5.86. The first kappa shape index (κ1) is 15.0. The van der Waals surface area contributed by atoms with Crippen LogP contribution in [0.1, 0.15) is 12.5 Å². The summed E-state index contributed by atoms with van der Waals surface area (Å²) in [5, 5.41) is 5.35. The molecule has 114 valence electrons. The van der Waals surface area contributed by atoms with Gasteiger partial charge in [0.1, 0.15) is 6.04 Å². The van der Waals surface area contributed by atoms with Gasteiger partial charge in [-0.3, -0.25) is 4.79 Å². The highest BCUT2D eigenvalue weighted by Gasteiger charge is 2.17. The van der Waals surface area contributed by atoms with E-state index < -0.39 is 6.04 Å². The average Bonchev–Trinajstić information content (AvgIpc) is 2.91. The third kappa shape index (κ3) is 3.77. The molecule has 1 heterocycles. The van der Waals surface area contributed by atoms with Crippen LogP contribution in [0, 0.1) is 0 Å². The molecule has 1 aromatic rings. The maximum Gasteiger partial charge on any atom is 0.317 e. The zero-order valence-corrected chi connectivity index (χ0v) is 12.3. The topological polar surface area (TPSA) is 79.9 Å². The van der Waals surface area contributed by atoms with Crippen molar-refractivity contribution in [2.45, 2.75) is 19.5 Å². The second kappa shape index (κ2) is 6.34. The molecule has 1 atom stereocenters. The number of rotatable bonds is 4. The first-order valence-corrected chi connectivity index (χ1v) is 6.61. The van der Waals surface area contributed by atoms with Crippen LogP contribution in [0.4, 0.5) is 4.79 Å². The van der Waals surface area contributed by atoms with Crippen LogP contribution >= 0.6 is 0 Å². The lowest BCUT2D eigenvalue weighted by molar-refractivity contribution is -0.122. The summed E-state index contributed by atoms with van der Waals surface area (Å²) < 4.78 is 10.5. The Hall–Kier alpha value is -2.44. The van der Waals surface area contributed by atoms with Gasteiger partial charge in [0.05, 0.1) is 0 Å². The second-order valence-electron chi connectivity index (χ2n) is 4.97. The Morgan fingerprint density at radius 2 is 2.00 bits per heavy atom. The molecule has 1 aliphatic heterocycles. The number of urea groups is 1. The minimum Gasteiger partial charge on any atom is -0.454 e. The molecule has 0 saturated heterocycles. The van der Waals surface area contributed by atoms with Crippen molar-refractivity contribution >= 4 is 11.9 Å². The number of carbonyl (C=O) groups is 2. The van der Waals surface area contributed by atoms with Crippen molar-refractivity contribution < 1.29 is 19.1 Å². The average molecular weight is 293 g/mol. The van der Waals surface area contributed by atoms with Crippen LogP contribution in [0.25, 0.3) is 0 Å². The van der Waals surface area contributed by atoms with Crippen LogP contribution in [0.3, 0.4) is 0 Å². The largest absolute Gasteiger partial charge is 0.454 e. The molecule has 0 bridgehead atoms. The maximum absolute atomic E-state index is 11.9. The van der Waals surface area contributed by atoms with Crippen LogP contribution in [-0.2, 0) is 11.3 Å². The standard InChI is InChI=1S/C14H19N3O4/c1-9(16-14(19)17(2)3)13(18)15-7-10-4-5-11-12(6-10)21-8-20-11/h4-6,9H,7-8H2,1-3H3,(H,15,18)(H,16,19)/t9-/m0/s1. The molecule has 7 heteroatoms. The van der Waals surface area contributed by atoms with Gasteiger partial charge in [-0.05, 0) is 24.6 Å². The fourth-order valence-electron chi connectivity index (χ4n) is 1.77.